The average molecular weight is 425 g/mol. The first kappa shape index (κ1) is 22.6. The summed E-state index contributed by atoms with van der Waals surface area (Å²) < 4.78 is 5.14. The molecule has 1 heterocycles. The van der Waals surface area contributed by atoms with Crippen LogP contribution >= 0.6 is 0 Å². The number of benzene rings is 2. The van der Waals surface area contributed by atoms with Gasteiger partial charge in [0.15, 0.2) is 23.8 Å². The Bertz CT molecular complexity index is 980. The molecule has 0 unspecified atom stereocenters. The van der Waals surface area contributed by atoms with Gasteiger partial charge in [0.2, 0.25) is 0 Å². The van der Waals surface area contributed by atoms with Gasteiger partial charge in [-0.2, -0.15) is 0 Å². The van der Waals surface area contributed by atoms with Crippen LogP contribution in [0.15, 0.2) is 42.5 Å². The monoisotopic (exact) mass is 425 g/mol. The third kappa shape index (κ3) is 5.98. The topological polar surface area (TPSA) is 113 Å². The Morgan fingerprint density at radius 3 is 2.48 bits per heavy atom. The molecule has 0 aromatic heterocycles. The number of amides is 1. The summed E-state index contributed by atoms with van der Waals surface area (Å²) in [6.45, 7) is 1.93. The fraction of sp³-hybridized carbons (Fsp3) is 0.417. The van der Waals surface area contributed by atoms with Crippen molar-refractivity contribution in [1.82, 2.24) is 5.32 Å². The molecule has 0 bridgehead atoms. The predicted octanol–water partition coefficient (Wildman–Crippen LogP) is 2.83. The van der Waals surface area contributed by atoms with Gasteiger partial charge in [0.05, 0.1) is 12.5 Å². The molecule has 1 fully saturated rings. The largest absolute Gasteiger partial charge is 0.481 e. The van der Waals surface area contributed by atoms with E-state index in [2.05, 4.69) is 5.32 Å². The van der Waals surface area contributed by atoms with Crippen molar-refractivity contribution in [3.05, 3.63) is 48.0 Å². The number of hydrogen-bond donors (Lipinski definition) is 2. The highest BCUT2D eigenvalue weighted by molar-refractivity contribution is 5.98. The van der Waals surface area contributed by atoms with Crippen molar-refractivity contribution in [2.24, 2.45) is 0 Å². The number of nitrogens with one attached hydrogen (secondary N) is 1. The second-order valence-corrected chi connectivity index (χ2v) is 7.79. The van der Waals surface area contributed by atoms with Crippen molar-refractivity contribution < 1.29 is 29.0 Å². The van der Waals surface area contributed by atoms with E-state index in [1.807, 2.05) is 49.4 Å². The Balaban J connectivity index is 1.55. The first-order valence-electron chi connectivity index (χ1n) is 10.6. The molecule has 3 atom stereocenters. The van der Waals surface area contributed by atoms with Gasteiger partial charge in [-0.05, 0) is 29.2 Å². The number of carboxylic acid groups (broad SMARTS) is 1. The van der Waals surface area contributed by atoms with Gasteiger partial charge in [-0.1, -0.05) is 55.8 Å². The zero-order chi connectivity index (χ0) is 22.4. The molecule has 1 amide bonds. The van der Waals surface area contributed by atoms with E-state index in [4.69, 9.17) is 9.84 Å². The van der Waals surface area contributed by atoms with Crippen molar-refractivity contribution in [2.75, 3.05) is 0 Å². The first-order valence-corrected chi connectivity index (χ1v) is 10.6. The van der Waals surface area contributed by atoms with Crippen LogP contribution in [0.4, 0.5) is 0 Å². The summed E-state index contributed by atoms with van der Waals surface area (Å²) in [7, 11) is 0. The molecule has 2 aromatic rings. The Kier molecular flexibility index (Phi) is 7.52. The minimum atomic E-state index is -1.07. The lowest BCUT2D eigenvalue weighted by Crippen LogP contribution is -2.43. The van der Waals surface area contributed by atoms with Crippen LogP contribution in [0, 0.1) is 0 Å². The number of carbonyl (C=O) groups is 4. The molecule has 0 saturated carbocycles. The van der Waals surface area contributed by atoms with Gasteiger partial charge in [0.25, 0.3) is 5.91 Å². The number of carbonyl (C=O) groups excluding carboxylic acids is 3. The van der Waals surface area contributed by atoms with Crippen LogP contribution in [0.1, 0.15) is 44.6 Å². The van der Waals surface area contributed by atoms with E-state index in [0.717, 1.165) is 22.8 Å². The van der Waals surface area contributed by atoms with Gasteiger partial charge in [0, 0.05) is 12.8 Å². The summed E-state index contributed by atoms with van der Waals surface area (Å²) in [6, 6.07) is 13.4. The maximum Gasteiger partial charge on any atom is 0.303 e. The molecular weight excluding hydrogens is 398 g/mol. The van der Waals surface area contributed by atoms with E-state index in [-0.39, 0.29) is 18.6 Å². The van der Waals surface area contributed by atoms with Crippen LogP contribution in [-0.4, -0.2) is 46.8 Å². The van der Waals surface area contributed by atoms with Crippen molar-refractivity contribution in [1.29, 1.82) is 0 Å². The molecule has 164 valence electrons. The Morgan fingerprint density at radius 1 is 1.00 bits per heavy atom. The lowest BCUT2D eigenvalue weighted by Gasteiger charge is -2.17. The normalized spacial score (nSPS) is 18.4. The van der Waals surface area contributed by atoms with E-state index < -0.39 is 35.9 Å². The van der Waals surface area contributed by atoms with Crippen LogP contribution in [0.25, 0.3) is 10.8 Å². The molecule has 31 heavy (non-hydrogen) atoms. The predicted molar refractivity (Wildman–Crippen MR) is 115 cm³/mol. The fourth-order valence-corrected chi connectivity index (χ4v) is 3.73. The maximum atomic E-state index is 12.8. The highest BCUT2D eigenvalue weighted by Crippen LogP contribution is 2.25. The smallest absolute Gasteiger partial charge is 0.303 e. The molecule has 0 spiro atoms. The lowest BCUT2D eigenvalue weighted by atomic mass is 9.96. The van der Waals surface area contributed by atoms with E-state index in [0.29, 0.717) is 19.3 Å². The van der Waals surface area contributed by atoms with Crippen LogP contribution in [0.3, 0.4) is 0 Å². The summed E-state index contributed by atoms with van der Waals surface area (Å²) in [5.41, 5.74) is 1.09. The minimum Gasteiger partial charge on any atom is -0.481 e. The molecule has 7 heteroatoms. The summed E-state index contributed by atoms with van der Waals surface area (Å²) in [5.74, 6) is -2.03. The number of ketones is 2. The van der Waals surface area contributed by atoms with Crippen molar-refractivity contribution in [3.63, 3.8) is 0 Å². The molecule has 0 aliphatic carbocycles. The molecule has 1 aliphatic heterocycles. The number of fused-ring (bicyclic) bond motifs is 1. The maximum absolute atomic E-state index is 12.8. The second-order valence-electron chi connectivity index (χ2n) is 7.79. The molecule has 7 nitrogen and oxygen atoms in total. The van der Waals surface area contributed by atoms with Crippen LogP contribution in [-0.2, 0) is 30.3 Å². The van der Waals surface area contributed by atoms with Crippen LogP contribution < -0.4 is 5.32 Å². The number of ether oxygens (including phenoxy) is 1. The molecule has 2 aromatic carbocycles. The molecule has 0 radical (unpaired) electrons. The second kappa shape index (κ2) is 10.3. The third-order valence-corrected chi connectivity index (χ3v) is 5.46. The molecular formula is C24H27NO6. The quantitative estimate of drug-likeness (QED) is 0.506. The zero-order valence-electron chi connectivity index (χ0n) is 17.5. The third-order valence-electron chi connectivity index (χ3n) is 5.46. The number of aryl methyl sites for hydroxylation is 1. The zero-order valence-corrected chi connectivity index (χ0v) is 17.5. The van der Waals surface area contributed by atoms with Crippen LogP contribution in [0.5, 0.6) is 0 Å². The van der Waals surface area contributed by atoms with Gasteiger partial charge in [0.1, 0.15) is 0 Å². The minimum absolute atomic E-state index is 0.0578. The molecule has 3 rings (SSSR count). The van der Waals surface area contributed by atoms with E-state index in [9.17, 15) is 19.2 Å². The van der Waals surface area contributed by atoms with Gasteiger partial charge >= 0.3 is 5.97 Å². The van der Waals surface area contributed by atoms with Gasteiger partial charge in [-0.15, -0.1) is 0 Å². The van der Waals surface area contributed by atoms with Gasteiger partial charge in [-0.3, -0.25) is 19.2 Å². The number of rotatable bonds is 12. The number of aliphatic carboxylic acids is 1. The lowest BCUT2D eigenvalue weighted by molar-refractivity contribution is -0.138. The average Bonchev–Trinajstić information content (AvgIpc) is 3.56. The Morgan fingerprint density at radius 2 is 1.74 bits per heavy atom. The molecule has 2 N–H and O–H groups in total. The van der Waals surface area contributed by atoms with Crippen molar-refractivity contribution >= 4 is 34.2 Å². The fourth-order valence-electron chi connectivity index (χ4n) is 3.73. The summed E-state index contributed by atoms with van der Waals surface area (Å²) in [5, 5.41) is 13.6. The molecule has 1 saturated heterocycles. The number of epoxide rings is 1. The standard InChI is InChI=1S/C24H27NO6/c1-2-6-18(25-24(30)23-22(31-23)20(27)13-14-21(28)29)19(26)12-11-16-9-5-8-15-7-3-4-10-17(15)16/h3-5,7-10,18,22-23H,2,6,11-14H2,1H3,(H,25,30)(H,28,29)/t18-,22-,23+/m0/s1. The van der Waals surface area contributed by atoms with E-state index >= 15 is 0 Å². The van der Waals surface area contributed by atoms with E-state index in [1.165, 1.54) is 0 Å². The Labute approximate surface area is 180 Å². The number of hydrogen-bond acceptors (Lipinski definition) is 5. The van der Waals surface area contributed by atoms with E-state index in [1.54, 1.807) is 0 Å². The number of Topliss-reactive ketones (excluding diaryl/α,β-unsaturated/α-hetero) is 2. The van der Waals surface area contributed by atoms with Crippen LogP contribution in [0.2, 0.25) is 0 Å². The number of carboxylic acids is 1. The van der Waals surface area contributed by atoms with Crippen molar-refractivity contribution in [3.8, 4) is 0 Å². The molecule has 1 aliphatic rings. The summed E-state index contributed by atoms with van der Waals surface area (Å²) in [4.78, 5) is 47.7. The highest BCUT2D eigenvalue weighted by Gasteiger charge is 2.50. The Hall–Kier alpha value is -3.06. The summed E-state index contributed by atoms with van der Waals surface area (Å²) in [6.07, 6.45) is -0.219. The summed E-state index contributed by atoms with van der Waals surface area (Å²) >= 11 is 0. The van der Waals surface area contributed by atoms with Crippen molar-refractivity contribution in [2.45, 2.75) is 63.7 Å². The SMILES string of the molecule is CCC[C@H](NC(=O)[C@@H]1O[C@H]1C(=O)CCC(=O)O)C(=O)CCc1cccc2ccccc12. The van der Waals surface area contributed by atoms with Gasteiger partial charge in [-0.25, -0.2) is 0 Å². The highest BCUT2D eigenvalue weighted by atomic mass is 16.6. The van der Waals surface area contributed by atoms with Gasteiger partial charge < -0.3 is 15.2 Å². The first-order chi connectivity index (χ1) is 14.9.